The fourth-order valence-electron chi connectivity index (χ4n) is 1.74. The SMILES string of the molecule is O=C(Nc1cccnc1)c1sccc1OCc1cccs1. The van der Waals surface area contributed by atoms with Crippen LogP contribution in [0.2, 0.25) is 0 Å². The number of carbonyl (C=O) groups is 1. The van der Waals surface area contributed by atoms with Gasteiger partial charge < -0.3 is 10.1 Å². The molecule has 0 aliphatic carbocycles. The second-order valence-corrected chi connectivity index (χ2v) is 6.13. The molecule has 3 aromatic heterocycles. The van der Waals surface area contributed by atoms with E-state index in [4.69, 9.17) is 4.74 Å². The number of nitrogens with zero attached hydrogens (tertiary/aromatic N) is 1. The Kier molecular flexibility index (Phi) is 4.28. The maximum atomic E-state index is 12.3. The number of hydrogen-bond acceptors (Lipinski definition) is 5. The fourth-order valence-corrected chi connectivity index (χ4v) is 3.09. The van der Waals surface area contributed by atoms with Crippen LogP contribution in [0.1, 0.15) is 14.5 Å². The third kappa shape index (κ3) is 3.48. The molecule has 0 saturated carbocycles. The van der Waals surface area contributed by atoms with Gasteiger partial charge in [-0.1, -0.05) is 6.07 Å². The molecule has 3 aromatic rings. The van der Waals surface area contributed by atoms with E-state index in [2.05, 4.69) is 10.3 Å². The van der Waals surface area contributed by atoms with Crippen LogP contribution < -0.4 is 10.1 Å². The van der Waals surface area contributed by atoms with E-state index in [0.717, 1.165) is 4.88 Å². The summed E-state index contributed by atoms with van der Waals surface area (Å²) in [5, 5.41) is 6.66. The lowest BCUT2D eigenvalue weighted by Gasteiger charge is -2.07. The zero-order valence-corrected chi connectivity index (χ0v) is 12.6. The Balaban J connectivity index is 1.68. The van der Waals surface area contributed by atoms with Crippen molar-refractivity contribution in [2.24, 2.45) is 0 Å². The van der Waals surface area contributed by atoms with Gasteiger partial charge in [-0.2, -0.15) is 0 Å². The lowest BCUT2D eigenvalue weighted by Crippen LogP contribution is -2.11. The van der Waals surface area contributed by atoms with E-state index in [0.29, 0.717) is 22.9 Å². The van der Waals surface area contributed by atoms with Crippen LogP contribution in [0.25, 0.3) is 0 Å². The molecule has 106 valence electrons. The molecule has 0 aliphatic rings. The normalized spacial score (nSPS) is 10.3. The van der Waals surface area contributed by atoms with Crippen LogP contribution in [-0.4, -0.2) is 10.9 Å². The summed E-state index contributed by atoms with van der Waals surface area (Å²) in [5.41, 5.74) is 0.667. The molecular weight excluding hydrogens is 304 g/mol. The van der Waals surface area contributed by atoms with Gasteiger partial charge >= 0.3 is 0 Å². The summed E-state index contributed by atoms with van der Waals surface area (Å²) >= 11 is 2.99. The van der Waals surface area contributed by atoms with Crippen LogP contribution >= 0.6 is 22.7 Å². The first-order valence-electron chi connectivity index (χ1n) is 6.27. The van der Waals surface area contributed by atoms with Crippen molar-refractivity contribution < 1.29 is 9.53 Å². The van der Waals surface area contributed by atoms with Crippen molar-refractivity contribution in [2.45, 2.75) is 6.61 Å². The monoisotopic (exact) mass is 316 g/mol. The predicted octanol–water partition coefficient (Wildman–Crippen LogP) is 4.04. The van der Waals surface area contributed by atoms with Crippen molar-refractivity contribution in [1.29, 1.82) is 0 Å². The van der Waals surface area contributed by atoms with Crippen LogP contribution in [0, 0.1) is 0 Å². The molecule has 0 unspecified atom stereocenters. The van der Waals surface area contributed by atoms with Crippen molar-refractivity contribution in [3.63, 3.8) is 0 Å². The number of anilines is 1. The van der Waals surface area contributed by atoms with Gasteiger partial charge in [0.2, 0.25) is 0 Å². The topological polar surface area (TPSA) is 51.2 Å². The number of hydrogen-bond donors (Lipinski definition) is 1. The fraction of sp³-hybridized carbons (Fsp3) is 0.0667. The van der Waals surface area contributed by atoms with Gasteiger partial charge in [0, 0.05) is 11.1 Å². The summed E-state index contributed by atoms with van der Waals surface area (Å²) in [6.07, 6.45) is 3.27. The van der Waals surface area contributed by atoms with E-state index in [9.17, 15) is 4.79 Å². The molecule has 0 fully saturated rings. The third-order valence-corrected chi connectivity index (χ3v) is 4.45. The highest BCUT2D eigenvalue weighted by atomic mass is 32.1. The van der Waals surface area contributed by atoms with Crippen molar-refractivity contribution in [3.8, 4) is 5.75 Å². The van der Waals surface area contributed by atoms with E-state index in [-0.39, 0.29) is 5.91 Å². The first-order chi connectivity index (χ1) is 10.3. The zero-order chi connectivity index (χ0) is 14.5. The van der Waals surface area contributed by atoms with E-state index < -0.39 is 0 Å². The van der Waals surface area contributed by atoms with Crippen LogP contribution in [0.4, 0.5) is 5.69 Å². The van der Waals surface area contributed by atoms with Gasteiger partial charge in [0.25, 0.3) is 5.91 Å². The number of ether oxygens (including phenoxy) is 1. The van der Waals surface area contributed by atoms with Crippen LogP contribution in [0.5, 0.6) is 5.75 Å². The first-order valence-corrected chi connectivity index (χ1v) is 8.03. The Labute approximate surface area is 130 Å². The van der Waals surface area contributed by atoms with E-state index in [1.165, 1.54) is 11.3 Å². The Hall–Kier alpha value is -2.18. The number of aromatic nitrogens is 1. The Morgan fingerprint density at radius 1 is 1.19 bits per heavy atom. The van der Waals surface area contributed by atoms with E-state index in [1.54, 1.807) is 35.9 Å². The van der Waals surface area contributed by atoms with Gasteiger partial charge in [0.05, 0.1) is 11.9 Å². The van der Waals surface area contributed by atoms with Crippen molar-refractivity contribution in [2.75, 3.05) is 5.32 Å². The number of pyridine rings is 1. The molecule has 21 heavy (non-hydrogen) atoms. The number of rotatable bonds is 5. The summed E-state index contributed by atoms with van der Waals surface area (Å²) in [7, 11) is 0. The highest BCUT2D eigenvalue weighted by Crippen LogP contribution is 2.27. The van der Waals surface area contributed by atoms with Gasteiger partial charge in [-0.15, -0.1) is 22.7 Å². The van der Waals surface area contributed by atoms with Crippen molar-refractivity contribution >= 4 is 34.3 Å². The summed E-state index contributed by atoms with van der Waals surface area (Å²) in [4.78, 5) is 17.9. The molecular formula is C15H12N2O2S2. The standard InChI is InChI=1S/C15H12N2O2S2/c18-15(17-11-3-1-6-16-9-11)14-13(5-8-21-14)19-10-12-4-2-7-20-12/h1-9H,10H2,(H,17,18). The van der Waals surface area contributed by atoms with Crippen LogP contribution in [-0.2, 0) is 6.61 Å². The van der Waals surface area contributed by atoms with Crippen LogP contribution in [0.3, 0.4) is 0 Å². The third-order valence-electron chi connectivity index (χ3n) is 2.70. The second kappa shape index (κ2) is 6.51. The minimum absolute atomic E-state index is 0.181. The quantitative estimate of drug-likeness (QED) is 0.773. The largest absolute Gasteiger partial charge is 0.486 e. The Morgan fingerprint density at radius 3 is 2.90 bits per heavy atom. The Bertz CT molecular complexity index is 708. The summed E-state index contributed by atoms with van der Waals surface area (Å²) in [5.74, 6) is 0.425. The first kappa shape index (κ1) is 13.8. The molecule has 0 atom stereocenters. The summed E-state index contributed by atoms with van der Waals surface area (Å²) in [6, 6.07) is 9.37. The average Bonchev–Trinajstić information content (AvgIpc) is 3.17. The smallest absolute Gasteiger partial charge is 0.269 e. The number of thiophene rings is 2. The number of nitrogens with one attached hydrogen (secondary N) is 1. The molecule has 0 radical (unpaired) electrons. The van der Waals surface area contributed by atoms with E-state index >= 15 is 0 Å². The molecule has 1 N–H and O–H groups in total. The molecule has 0 bridgehead atoms. The molecule has 0 saturated heterocycles. The number of carbonyl (C=O) groups excluding carboxylic acids is 1. The van der Waals surface area contributed by atoms with Crippen molar-refractivity contribution in [1.82, 2.24) is 4.98 Å². The molecule has 3 heterocycles. The molecule has 3 rings (SSSR count). The maximum absolute atomic E-state index is 12.3. The lowest BCUT2D eigenvalue weighted by atomic mass is 10.3. The lowest BCUT2D eigenvalue weighted by molar-refractivity contribution is 0.102. The average molecular weight is 316 g/mol. The minimum atomic E-state index is -0.181. The molecule has 0 aliphatic heterocycles. The van der Waals surface area contributed by atoms with Gasteiger partial charge in [0.1, 0.15) is 17.2 Å². The van der Waals surface area contributed by atoms with E-state index in [1.807, 2.05) is 29.0 Å². The van der Waals surface area contributed by atoms with Gasteiger partial charge in [-0.3, -0.25) is 9.78 Å². The minimum Gasteiger partial charge on any atom is -0.486 e. The number of amides is 1. The highest BCUT2D eigenvalue weighted by molar-refractivity contribution is 7.12. The van der Waals surface area contributed by atoms with Crippen molar-refractivity contribution in [3.05, 3.63) is 63.2 Å². The highest BCUT2D eigenvalue weighted by Gasteiger charge is 2.15. The summed E-state index contributed by atoms with van der Waals surface area (Å²) < 4.78 is 5.72. The van der Waals surface area contributed by atoms with Gasteiger partial charge in [-0.05, 0) is 35.0 Å². The van der Waals surface area contributed by atoms with Gasteiger partial charge in [-0.25, -0.2) is 0 Å². The van der Waals surface area contributed by atoms with Crippen LogP contribution in [0.15, 0.2) is 53.5 Å². The Morgan fingerprint density at radius 2 is 2.14 bits per heavy atom. The molecule has 0 aromatic carbocycles. The summed E-state index contributed by atoms with van der Waals surface area (Å²) in [6.45, 7) is 0.474. The second-order valence-electron chi connectivity index (χ2n) is 4.18. The molecule has 1 amide bonds. The molecule has 6 heteroatoms. The zero-order valence-electron chi connectivity index (χ0n) is 11.0. The molecule has 4 nitrogen and oxygen atoms in total. The maximum Gasteiger partial charge on any atom is 0.269 e. The molecule has 0 spiro atoms. The van der Waals surface area contributed by atoms with Gasteiger partial charge in [0.15, 0.2) is 0 Å². The predicted molar refractivity (Wildman–Crippen MR) is 85.2 cm³/mol.